The van der Waals surface area contributed by atoms with Gasteiger partial charge < -0.3 is 4.52 Å². The van der Waals surface area contributed by atoms with Crippen molar-refractivity contribution >= 4 is 0 Å². The Balaban J connectivity index is 1.85. The maximum Gasteiger partial charge on any atom is 0.262 e. The van der Waals surface area contributed by atoms with Crippen LogP contribution in [0.3, 0.4) is 0 Å². The van der Waals surface area contributed by atoms with Crippen molar-refractivity contribution in [1.82, 2.24) is 20.3 Å². The predicted molar refractivity (Wildman–Crippen MR) is 67.0 cm³/mol. The molecule has 0 amide bonds. The summed E-state index contributed by atoms with van der Waals surface area (Å²) >= 11 is 0. The Morgan fingerprint density at radius 3 is 3.16 bits per heavy atom. The first-order chi connectivity index (χ1) is 9.28. The number of aromatic amines is 1. The molecular formula is C13H15N5O. The van der Waals surface area contributed by atoms with Gasteiger partial charge in [0, 0.05) is 5.92 Å². The summed E-state index contributed by atoms with van der Waals surface area (Å²) in [5, 5.41) is 19.5. The molecule has 98 valence electrons. The van der Waals surface area contributed by atoms with Gasteiger partial charge in [-0.3, -0.25) is 5.10 Å². The van der Waals surface area contributed by atoms with Crippen LogP contribution in [0, 0.1) is 17.2 Å². The van der Waals surface area contributed by atoms with Crippen molar-refractivity contribution in [3.05, 3.63) is 17.7 Å². The van der Waals surface area contributed by atoms with Gasteiger partial charge in [-0.1, -0.05) is 24.9 Å². The lowest BCUT2D eigenvalue weighted by molar-refractivity contribution is 0.324. The molecule has 1 aliphatic rings. The molecule has 2 aromatic heterocycles. The molecule has 19 heavy (non-hydrogen) atoms. The Bertz CT molecular complexity index is 609. The van der Waals surface area contributed by atoms with E-state index >= 15 is 0 Å². The molecule has 2 atom stereocenters. The van der Waals surface area contributed by atoms with E-state index in [9.17, 15) is 0 Å². The van der Waals surface area contributed by atoms with Crippen LogP contribution >= 0.6 is 0 Å². The van der Waals surface area contributed by atoms with Crippen molar-refractivity contribution in [3.8, 4) is 17.5 Å². The highest BCUT2D eigenvalue weighted by Crippen LogP contribution is 2.35. The van der Waals surface area contributed by atoms with Crippen molar-refractivity contribution in [2.45, 2.75) is 38.5 Å². The Kier molecular flexibility index (Phi) is 3.03. The lowest BCUT2D eigenvalue weighted by Crippen LogP contribution is -2.12. The summed E-state index contributed by atoms with van der Waals surface area (Å²) in [4.78, 5) is 4.43. The SMILES string of the molecule is CC1CCCC(c2noc(-c3cn[nH]c3C#N)n2)C1. The third-order valence-corrected chi connectivity index (χ3v) is 3.72. The molecule has 1 aliphatic carbocycles. The number of H-pyrrole nitrogens is 1. The van der Waals surface area contributed by atoms with Crippen LogP contribution in [0.2, 0.25) is 0 Å². The summed E-state index contributed by atoms with van der Waals surface area (Å²) < 4.78 is 5.27. The summed E-state index contributed by atoms with van der Waals surface area (Å²) in [6, 6.07) is 2.02. The minimum absolute atomic E-state index is 0.354. The van der Waals surface area contributed by atoms with Crippen LogP contribution in [0.25, 0.3) is 11.5 Å². The molecule has 1 N–H and O–H groups in total. The van der Waals surface area contributed by atoms with Gasteiger partial charge in [-0.25, -0.2) is 0 Å². The molecule has 0 aliphatic heterocycles. The Labute approximate surface area is 110 Å². The van der Waals surface area contributed by atoms with E-state index in [4.69, 9.17) is 9.78 Å². The van der Waals surface area contributed by atoms with Crippen molar-refractivity contribution in [3.63, 3.8) is 0 Å². The van der Waals surface area contributed by atoms with Crippen molar-refractivity contribution in [2.24, 2.45) is 5.92 Å². The third kappa shape index (κ3) is 2.24. The minimum Gasteiger partial charge on any atom is -0.334 e. The number of hydrogen-bond donors (Lipinski definition) is 1. The molecule has 1 saturated carbocycles. The minimum atomic E-state index is 0.354. The van der Waals surface area contributed by atoms with Gasteiger partial charge in [0.2, 0.25) is 0 Å². The second-order valence-electron chi connectivity index (χ2n) is 5.20. The fraction of sp³-hybridized carbons (Fsp3) is 0.538. The molecule has 1 fully saturated rings. The molecule has 6 nitrogen and oxygen atoms in total. The fourth-order valence-corrected chi connectivity index (χ4v) is 2.71. The van der Waals surface area contributed by atoms with E-state index in [0.717, 1.165) is 18.7 Å². The topological polar surface area (TPSA) is 91.4 Å². The molecule has 2 aromatic rings. The molecule has 0 radical (unpaired) electrons. The molecule has 6 heteroatoms. The third-order valence-electron chi connectivity index (χ3n) is 3.72. The summed E-state index contributed by atoms with van der Waals surface area (Å²) in [6.45, 7) is 2.26. The highest BCUT2D eigenvalue weighted by Gasteiger charge is 2.25. The molecule has 3 rings (SSSR count). The number of rotatable bonds is 2. The van der Waals surface area contributed by atoms with Gasteiger partial charge in [-0.15, -0.1) is 0 Å². The van der Waals surface area contributed by atoms with Gasteiger partial charge in [0.25, 0.3) is 5.89 Å². The second kappa shape index (κ2) is 4.84. The summed E-state index contributed by atoms with van der Waals surface area (Å²) in [5.41, 5.74) is 0.928. The van der Waals surface area contributed by atoms with Gasteiger partial charge in [0.05, 0.1) is 11.8 Å². The van der Waals surface area contributed by atoms with E-state index in [0.29, 0.717) is 29.0 Å². The molecule has 0 saturated heterocycles. The monoisotopic (exact) mass is 257 g/mol. The van der Waals surface area contributed by atoms with E-state index in [2.05, 4.69) is 27.3 Å². The maximum atomic E-state index is 8.95. The second-order valence-corrected chi connectivity index (χ2v) is 5.20. The molecule has 2 heterocycles. The van der Waals surface area contributed by atoms with Crippen LogP contribution in [0.15, 0.2) is 10.7 Å². The lowest BCUT2D eigenvalue weighted by atomic mass is 9.82. The molecule has 0 bridgehead atoms. The van der Waals surface area contributed by atoms with E-state index < -0.39 is 0 Å². The van der Waals surface area contributed by atoms with E-state index in [1.54, 1.807) is 6.20 Å². The van der Waals surface area contributed by atoms with Crippen molar-refractivity contribution in [2.75, 3.05) is 0 Å². The molecule has 2 unspecified atom stereocenters. The van der Waals surface area contributed by atoms with Crippen LogP contribution in [0.1, 0.15) is 50.0 Å². The maximum absolute atomic E-state index is 8.95. The highest BCUT2D eigenvalue weighted by molar-refractivity contribution is 5.59. The molecule has 0 spiro atoms. The lowest BCUT2D eigenvalue weighted by Gasteiger charge is -2.23. The van der Waals surface area contributed by atoms with E-state index in [1.807, 2.05) is 6.07 Å². The smallest absolute Gasteiger partial charge is 0.262 e. The number of nitrogens with zero attached hydrogens (tertiary/aromatic N) is 4. The molecule has 0 aromatic carbocycles. The van der Waals surface area contributed by atoms with Crippen LogP contribution in [0.4, 0.5) is 0 Å². The van der Waals surface area contributed by atoms with Crippen LogP contribution in [0.5, 0.6) is 0 Å². The zero-order valence-electron chi connectivity index (χ0n) is 10.8. The zero-order valence-corrected chi connectivity index (χ0v) is 10.8. The average molecular weight is 257 g/mol. The molecular weight excluding hydrogens is 242 g/mol. The van der Waals surface area contributed by atoms with Crippen molar-refractivity contribution < 1.29 is 4.52 Å². The van der Waals surface area contributed by atoms with Gasteiger partial charge >= 0.3 is 0 Å². The van der Waals surface area contributed by atoms with E-state index in [1.165, 1.54) is 12.8 Å². The Morgan fingerprint density at radius 2 is 2.37 bits per heavy atom. The summed E-state index contributed by atoms with van der Waals surface area (Å²) in [5.74, 6) is 2.22. The Hall–Kier alpha value is -2.16. The van der Waals surface area contributed by atoms with Crippen molar-refractivity contribution in [1.29, 1.82) is 5.26 Å². The summed E-state index contributed by atoms with van der Waals surface area (Å²) in [7, 11) is 0. The van der Waals surface area contributed by atoms with Crippen LogP contribution < -0.4 is 0 Å². The predicted octanol–water partition coefficient (Wildman–Crippen LogP) is 2.63. The highest BCUT2D eigenvalue weighted by atomic mass is 16.5. The van der Waals surface area contributed by atoms with Gasteiger partial charge in [-0.05, 0) is 18.8 Å². The number of nitriles is 1. The Morgan fingerprint density at radius 1 is 1.47 bits per heavy atom. The number of nitrogens with one attached hydrogen (secondary N) is 1. The van der Waals surface area contributed by atoms with Gasteiger partial charge in [-0.2, -0.15) is 15.3 Å². The fourth-order valence-electron chi connectivity index (χ4n) is 2.71. The number of hydrogen-bond acceptors (Lipinski definition) is 5. The van der Waals surface area contributed by atoms with Crippen LogP contribution in [-0.4, -0.2) is 20.3 Å². The normalized spacial score (nSPS) is 23.2. The first kappa shape index (κ1) is 11.9. The van der Waals surface area contributed by atoms with Gasteiger partial charge in [0.1, 0.15) is 11.8 Å². The summed E-state index contributed by atoms with van der Waals surface area (Å²) in [6.07, 6.45) is 6.25. The largest absolute Gasteiger partial charge is 0.334 e. The zero-order chi connectivity index (χ0) is 13.2. The van der Waals surface area contributed by atoms with Gasteiger partial charge in [0.15, 0.2) is 5.82 Å². The average Bonchev–Trinajstić information content (AvgIpc) is 3.07. The number of aromatic nitrogens is 4. The van der Waals surface area contributed by atoms with E-state index in [-0.39, 0.29) is 0 Å². The first-order valence-electron chi connectivity index (χ1n) is 6.55. The quantitative estimate of drug-likeness (QED) is 0.892. The standard InChI is InChI=1S/C13H15N5O/c1-8-3-2-4-9(5-8)12-16-13(19-18-12)10-7-15-17-11(10)6-14/h7-9H,2-5H2,1H3,(H,15,17). The van der Waals surface area contributed by atoms with Crippen LogP contribution in [-0.2, 0) is 0 Å². The first-order valence-corrected chi connectivity index (χ1v) is 6.55.